The van der Waals surface area contributed by atoms with Crippen LogP contribution in [0, 0.1) is 11.3 Å². The Kier molecular flexibility index (Phi) is 4.24. The van der Waals surface area contributed by atoms with Gasteiger partial charge in [0.15, 0.2) is 0 Å². The van der Waals surface area contributed by atoms with E-state index in [0.29, 0.717) is 18.7 Å². The number of H-pyrrole nitrogens is 1. The summed E-state index contributed by atoms with van der Waals surface area (Å²) in [5.74, 6) is 0. The summed E-state index contributed by atoms with van der Waals surface area (Å²) in [6.45, 7) is 7.77. The van der Waals surface area contributed by atoms with Crippen LogP contribution in [-0.2, 0) is 17.4 Å². The number of carbonyl (C=O) groups excluding carboxylic acids is 1. The Morgan fingerprint density at radius 1 is 1.40 bits per heavy atom. The van der Waals surface area contributed by atoms with Crippen LogP contribution in [0.4, 0.5) is 4.79 Å². The molecule has 2 aromatic heterocycles. The van der Waals surface area contributed by atoms with Crippen molar-refractivity contribution < 1.29 is 4.79 Å². The third-order valence-corrected chi connectivity index (χ3v) is 6.95. The minimum absolute atomic E-state index is 0.0200. The number of nitrogens with one attached hydrogen (secondary N) is 2. The molecule has 0 aliphatic carbocycles. The van der Waals surface area contributed by atoms with Gasteiger partial charge in [0.25, 0.3) is 0 Å². The molecule has 2 unspecified atom stereocenters. The molecule has 5 heterocycles. The van der Waals surface area contributed by atoms with Crippen LogP contribution in [0.3, 0.4) is 0 Å². The molecule has 1 fully saturated rings. The van der Waals surface area contributed by atoms with Gasteiger partial charge in [-0.15, -0.1) is 0 Å². The summed E-state index contributed by atoms with van der Waals surface area (Å²) in [5.41, 5.74) is 3.25. The minimum atomic E-state index is -0.357. The van der Waals surface area contributed by atoms with Crippen molar-refractivity contribution in [3.8, 4) is 6.07 Å². The summed E-state index contributed by atoms with van der Waals surface area (Å²) in [6.07, 6.45) is 6.99. The van der Waals surface area contributed by atoms with Crippen molar-refractivity contribution in [3.63, 3.8) is 0 Å². The third kappa shape index (κ3) is 2.76. The van der Waals surface area contributed by atoms with Crippen LogP contribution in [-0.4, -0.2) is 51.9 Å². The first-order chi connectivity index (χ1) is 14.5. The van der Waals surface area contributed by atoms with Crippen molar-refractivity contribution in [2.45, 2.75) is 50.5 Å². The van der Waals surface area contributed by atoms with Crippen LogP contribution in [0.15, 0.2) is 17.3 Å². The first-order valence-electron chi connectivity index (χ1n) is 10.7. The van der Waals surface area contributed by atoms with Crippen molar-refractivity contribution in [2.24, 2.45) is 4.99 Å². The zero-order valence-electron chi connectivity index (χ0n) is 17.5. The van der Waals surface area contributed by atoms with Crippen LogP contribution in [0.5, 0.6) is 0 Å². The number of aryl methyl sites for hydroxylation is 1. The van der Waals surface area contributed by atoms with Crippen LogP contribution < -0.4 is 16.0 Å². The molecule has 1 saturated heterocycles. The highest BCUT2D eigenvalue weighted by molar-refractivity contribution is 5.74. The molecule has 156 valence electrons. The highest BCUT2D eigenvalue weighted by Crippen LogP contribution is 2.43. The zero-order chi connectivity index (χ0) is 20.9. The second-order valence-corrected chi connectivity index (χ2v) is 8.98. The first-order valence-corrected chi connectivity index (χ1v) is 10.7. The van der Waals surface area contributed by atoms with Gasteiger partial charge in [0, 0.05) is 48.7 Å². The fraction of sp³-hybridized carbons (Fsp3) is 0.545. The fourth-order valence-electron chi connectivity index (χ4n) is 5.27. The van der Waals surface area contributed by atoms with Crippen LogP contribution in [0.2, 0.25) is 0 Å². The molecule has 8 heteroatoms. The number of hydrogen-bond acceptors (Lipinski definition) is 4. The number of aromatic nitrogens is 3. The lowest BCUT2D eigenvalue weighted by Crippen LogP contribution is -2.42. The maximum absolute atomic E-state index is 12.4. The van der Waals surface area contributed by atoms with Crippen LogP contribution >= 0.6 is 0 Å². The lowest BCUT2D eigenvalue weighted by atomic mass is 9.76. The number of nitrogens with zero attached hydrogens (tertiary/aromatic N) is 5. The Labute approximate surface area is 175 Å². The van der Waals surface area contributed by atoms with E-state index in [2.05, 4.69) is 40.1 Å². The van der Waals surface area contributed by atoms with Gasteiger partial charge >= 0.3 is 6.03 Å². The smallest absolute Gasteiger partial charge is 0.317 e. The molecule has 5 rings (SSSR count). The minimum Gasteiger partial charge on any atom is -0.345 e. The number of urea groups is 1. The Bertz CT molecular complexity index is 1170. The van der Waals surface area contributed by atoms with Crippen molar-refractivity contribution >= 4 is 12.1 Å². The maximum atomic E-state index is 12.4. The highest BCUT2D eigenvalue weighted by Gasteiger charge is 2.46. The number of nitriles is 1. The lowest BCUT2D eigenvalue weighted by Gasteiger charge is -2.34. The second-order valence-electron chi connectivity index (χ2n) is 8.98. The molecule has 2 aromatic rings. The molecule has 1 spiro atoms. The molecule has 3 aliphatic rings. The molecule has 8 nitrogen and oxygen atoms in total. The van der Waals surface area contributed by atoms with Gasteiger partial charge in [-0.1, -0.05) is 6.08 Å². The van der Waals surface area contributed by atoms with E-state index in [1.165, 1.54) is 5.69 Å². The molecule has 3 aliphatic heterocycles. The number of carbonyl (C=O) groups is 1. The number of rotatable bonds is 2. The van der Waals surface area contributed by atoms with Gasteiger partial charge in [-0.25, -0.2) is 4.79 Å². The summed E-state index contributed by atoms with van der Waals surface area (Å²) >= 11 is 0. The van der Waals surface area contributed by atoms with Gasteiger partial charge in [0.05, 0.1) is 23.2 Å². The average molecular weight is 406 g/mol. The molecule has 2 amide bonds. The van der Waals surface area contributed by atoms with E-state index in [4.69, 9.17) is 10.1 Å². The number of amides is 2. The number of aromatic amines is 1. The van der Waals surface area contributed by atoms with Crippen molar-refractivity contribution in [1.82, 2.24) is 25.0 Å². The Morgan fingerprint density at radius 3 is 3.07 bits per heavy atom. The first kappa shape index (κ1) is 18.9. The van der Waals surface area contributed by atoms with Gasteiger partial charge in [0.2, 0.25) is 0 Å². The molecular weight excluding hydrogens is 378 g/mol. The molecule has 0 saturated carbocycles. The predicted octanol–water partition coefficient (Wildman–Crippen LogP) is 0.921. The van der Waals surface area contributed by atoms with Gasteiger partial charge in [-0.2, -0.15) is 10.4 Å². The predicted molar refractivity (Wildman–Crippen MR) is 111 cm³/mol. The SMILES string of the molecule is CCNC(=O)N1CCC2(CCCn3nc(C4(C)C=c5c(C#N)c[nH]c5=NC4)cc32)C1. The van der Waals surface area contributed by atoms with E-state index < -0.39 is 0 Å². The van der Waals surface area contributed by atoms with E-state index in [9.17, 15) is 10.1 Å². The van der Waals surface area contributed by atoms with Gasteiger partial charge in [-0.05, 0) is 39.2 Å². The average Bonchev–Trinajstić information content (AvgIpc) is 3.45. The van der Waals surface area contributed by atoms with Crippen LogP contribution in [0.1, 0.15) is 50.1 Å². The Hall–Kier alpha value is -3.08. The largest absolute Gasteiger partial charge is 0.345 e. The van der Waals surface area contributed by atoms with Gasteiger partial charge in [-0.3, -0.25) is 9.67 Å². The molecule has 0 aromatic carbocycles. The molecular formula is C22H27N7O. The highest BCUT2D eigenvalue weighted by atomic mass is 16.2. The maximum Gasteiger partial charge on any atom is 0.317 e. The summed E-state index contributed by atoms with van der Waals surface area (Å²) in [7, 11) is 0. The van der Waals surface area contributed by atoms with Crippen LogP contribution in [0.25, 0.3) is 6.08 Å². The van der Waals surface area contributed by atoms with E-state index in [1.54, 1.807) is 6.20 Å². The number of fused-ring (bicyclic) bond motifs is 3. The lowest BCUT2D eigenvalue weighted by molar-refractivity contribution is 0.203. The Balaban J connectivity index is 1.51. The zero-order valence-corrected chi connectivity index (χ0v) is 17.5. The standard InChI is InChI=1S/C22H27N7O/c1-3-24-20(30)28-8-6-22(14-28)5-4-7-29-18(22)9-17(27-29)21(2)10-16-15(11-23)12-25-19(16)26-13-21/h9-10,12H,3-8,13-14H2,1-2H3,(H,24,30)(H,25,26). The summed E-state index contributed by atoms with van der Waals surface area (Å²) in [5, 5.41) is 18.2. The number of likely N-dealkylation sites (tertiary alicyclic amines) is 1. The normalized spacial score (nSPS) is 27.0. The van der Waals surface area contributed by atoms with E-state index in [0.717, 1.165) is 55.3 Å². The molecule has 2 N–H and O–H groups in total. The molecule has 0 bridgehead atoms. The van der Waals surface area contributed by atoms with E-state index >= 15 is 0 Å². The summed E-state index contributed by atoms with van der Waals surface area (Å²) < 4.78 is 2.15. The fourth-order valence-corrected chi connectivity index (χ4v) is 5.27. The third-order valence-electron chi connectivity index (χ3n) is 6.95. The monoisotopic (exact) mass is 405 g/mol. The van der Waals surface area contributed by atoms with E-state index in [-0.39, 0.29) is 16.9 Å². The summed E-state index contributed by atoms with van der Waals surface area (Å²) in [6, 6.07) is 4.51. The molecule has 30 heavy (non-hydrogen) atoms. The van der Waals surface area contributed by atoms with Gasteiger partial charge in [0.1, 0.15) is 11.6 Å². The Morgan fingerprint density at radius 2 is 2.27 bits per heavy atom. The molecule has 2 atom stereocenters. The molecule has 0 radical (unpaired) electrons. The van der Waals surface area contributed by atoms with Crippen molar-refractivity contribution in [2.75, 3.05) is 26.2 Å². The van der Waals surface area contributed by atoms with Crippen molar-refractivity contribution in [3.05, 3.63) is 39.9 Å². The topological polar surface area (TPSA) is 102 Å². The van der Waals surface area contributed by atoms with Gasteiger partial charge < -0.3 is 15.2 Å². The van der Waals surface area contributed by atoms with E-state index in [1.807, 2.05) is 11.8 Å². The summed E-state index contributed by atoms with van der Waals surface area (Å²) in [4.78, 5) is 22.1. The number of hydrogen-bond donors (Lipinski definition) is 2. The quantitative estimate of drug-likeness (QED) is 0.777. The van der Waals surface area contributed by atoms with Crippen molar-refractivity contribution in [1.29, 1.82) is 5.26 Å². The second kappa shape index (κ2) is 6.73.